The van der Waals surface area contributed by atoms with Gasteiger partial charge in [-0.15, -0.1) is 0 Å². The lowest BCUT2D eigenvalue weighted by molar-refractivity contribution is -0.169. The number of nitrogens with zero attached hydrogens (tertiary/aromatic N) is 1. The highest BCUT2D eigenvalue weighted by molar-refractivity contribution is 6.20. The number of fused-ring (bicyclic) bond motifs is 1. The predicted molar refractivity (Wildman–Crippen MR) is 89.1 cm³/mol. The molecule has 0 spiro atoms. The summed E-state index contributed by atoms with van der Waals surface area (Å²) in [5, 5.41) is 0.506. The number of benzene rings is 2. The number of rotatable bonds is 5. The number of hydrogen-bond acceptors (Lipinski definition) is 5. The van der Waals surface area contributed by atoms with Crippen molar-refractivity contribution in [1.82, 2.24) is 5.06 Å². The highest BCUT2D eigenvalue weighted by atomic mass is 16.7. The Morgan fingerprint density at radius 2 is 1.48 bits per heavy atom. The summed E-state index contributed by atoms with van der Waals surface area (Å²) in [5.41, 5.74) is 2.39. The molecule has 0 aliphatic carbocycles. The Hall–Kier alpha value is -3.15. The molecule has 0 unspecified atom stereocenters. The molecule has 0 aromatic heterocycles. The van der Waals surface area contributed by atoms with Crippen molar-refractivity contribution in [2.75, 3.05) is 6.61 Å². The Labute approximate surface area is 144 Å². The molecule has 1 aliphatic heterocycles. The van der Waals surface area contributed by atoms with Gasteiger partial charge in [0.2, 0.25) is 0 Å². The molecule has 0 radical (unpaired) electrons. The maximum atomic E-state index is 12.1. The van der Waals surface area contributed by atoms with E-state index in [0.717, 1.165) is 16.9 Å². The van der Waals surface area contributed by atoms with Crippen LogP contribution in [-0.2, 0) is 9.63 Å². The van der Waals surface area contributed by atoms with Gasteiger partial charge in [0.15, 0.2) is 0 Å². The molecule has 0 saturated heterocycles. The van der Waals surface area contributed by atoms with Crippen LogP contribution in [0.2, 0.25) is 0 Å². The average Bonchev–Trinajstić information content (AvgIpc) is 2.83. The summed E-state index contributed by atoms with van der Waals surface area (Å²) in [6, 6.07) is 12.1. The monoisotopic (exact) mass is 339 g/mol. The summed E-state index contributed by atoms with van der Waals surface area (Å²) in [7, 11) is 0. The summed E-state index contributed by atoms with van der Waals surface area (Å²) < 4.78 is 5.63. The smallest absolute Gasteiger partial charge is 0.336 e. The second-order valence-electron chi connectivity index (χ2n) is 5.73. The number of para-hydroxylation sites is 1. The van der Waals surface area contributed by atoms with E-state index in [0.29, 0.717) is 5.06 Å². The quantitative estimate of drug-likeness (QED) is 0.783. The van der Waals surface area contributed by atoms with E-state index in [4.69, 9.17) is 9.57 Å². The van der Waals surface area contributed by atoms with Crippen molar-refractivity contribution in [1.29, 1.82) is 0 Å². The van der Waals surface area contributed by atoms with E-state index >= 15 is 0 Å². The molecule has 1 aliphatic rings. The highest BCUT2D eigenvalue weighted by Gasteiger charge is 2.38. The Balaban J connectivity index is 1.57. The molecule has 0 saturated carbocycles. The zero-order valence-electron chi connectivity index (χ0n) is 13.9. The SMILES string of the molecule is Cc1cccc(C)c1OCCC(=O)ON1C(=O)c2ccccc2C1=O. The van der Waals surface area contributed by atoms with Gasteiger partial charge in [0.1, 0.15) is 5.75 Å². The van der Waals surface area contributed by atoms with Gasteiger partial charge < -0.3 is 9.57 Å². The minimum Gasteiger partial charge on any atom is -0.492 e. The molecular weight excluding hydrogens is 322 g/mol. The first-order valence-corrected chi connectivity index (χ1v) is 7.86. The van der Waals surface area contributed by atoms with Crippen LogP contribution in [0.1, 0.15) is 38.3 Å². The first-order valence-electron chi connectivity index (χ1n) is 7.86. The van der Waals surface area contributed by atoms with Crippen molar-refractivity contribution in [3.8, 4) is 5.75 Å². The predicted octanol–water partition coefficient (Wildman–Crippen LogP) is 2.83. The molecular formula is C19H17NO5. The van der Waals surface area contributed by atoms with Crippen LogP contribution in [0.5, 0.6) is 5.75 Å². The summed E-state index contributed by atoms with van der Waals surface area (Å²) in [6.45, 7) is 3.92. The van der Waals surface area contributed by atoms with Crippen LogP contribution in [0.25, 0.3) is 0 Å². The Kier molecular flexibility index (Phi) is 4.52. The molecule has 6 heteroatoms. The molecule has 3 rings (SSSR count). The molecule has 25 heavy (non-hydrogen) atoms. The number of carbonyl (C=O) groups is 3. The molecule has 0 bridgehead atoms. The number of hydrogen-bond donors (Lipinski definition) is 0. The van der Waals surface area contributed by atoms with E-state index in [1.165, 1.54) is 12.1 Å². The normalized spacial score (nSPS) is 13.0. The third-order valence-electron chi connectivity index (χ3n) is 3.91. The fourth-order valence-electron chi connectivity index (χ4n) is 2.66. The molecule has 2 aromatic rings. The maximum Gasteiger partial charge on any atom is 0.336 e. The summed E-state index contributed by atoms with van der Waals surface area (Å²) in [4.78, 5) is 41.1. The summed E-state index contributed by atoms with van der Waals surface area (Å²) >= 11 is 0. The standard InChI is InChI=1S/C19H17NO5/c1-12-6-5-7-13(2)17(12)24-11-10-16(21)25-20-18(22)14-8-3-4-9-15(14)19(20)23/h3-9H,10-11H2,1-2H3. The van der Waals surface area contributed by atoms with Gasteiger partial charge in [0, 0.05) is 0 Å². The fourth-order valence-corrected chi connectivity index (χ4v) is 2.66. The molecule has 0 atom stereocenters. The zero-order valence-corrected chi connectivity index (χ0v) is 13.9. The lowest BCUT2D eigenvalue weighted by atomic mass is 10.1. The van der Waals surface area contributed by atoms with Crippen molar-refractivity contribution >= 4 is 17.8 Å². The zero-order chi connectivity index (χ0) is 18.0. The third kappa shape index (κ3) is 3.24. The molecule has 2 amide bonds. The minimum atomic E-state index is -0.708. The Morgan fingerprint density at radius 3 is 2.04 bits per heavy atom. The second kappa shape index (κ2) is 6.76. The molecule has 0 fully saturated rings. The van der Waals surface area contributed by atoms with Gasteiger partial charge in [-0.1, -0.05) is 35.4 Å². The minimum absolute atomic E-state index is 0.0822. The van der Waals surface area contributed by atoms with Crippen LogP contribution in [0.3, 0.4) is 0 Å². The van der Waals surface area contributed by atoms with E-state index in [2.05, 4.69) is 0 Å². The number of imide groups is 1. The van der Waals surface area contributed by atoms with Gasteiger partial charge >= 0.3 is 5.97 Å². The third-order valence-corrected chi connectivity index (χ3v) is 3.91. The number of carbonyl (C=O) groups excluding carboxylic acids is 3. The largest absolute Gasteiger partial charge is 0.492 e. The van der Waals surface area contributed by atoms with Crippen LogP contribution in [-0.4, -0.2) is 29.5 Å². The van der Waals surface area contributed by atoms with E-state index in [-0.39, 0.29) is 24.2 Å². The van der Waals surface area contributed by atoms with Crippen LogP contribution in [0.15, 0.2) is 42.5 Å². The van der Waals surface area contributed by atoms with Gasteiger partial charge in [-0.3, -0.25) is 9.59 Å². The van der Waals surface area contributed by atoms with Gasteiger partial charge in [-0.25, -0.2) is 4.79 Å². The number of amides is 2. The number of hydroxylamine groups is 2. The van der Waals surface area contributed by atoms with E-state index in [1.54, 1.807) is 12.1 Å². The van der Waals surface area contributed by atoms with Crippen LogP contribution in [0, 0.1) is 13.8 Å². The Bertz CT molecular complexity index is 803. The van der Waals surface area contributed by atoms with Gasteiger partial charge in [0.05, 0.1) is 24.2 Å². The lowest BCUT2D eigenvalue weighted by Crippen LogP contribution is -2.33. The van der Waals surface area contributed by atoms with Crippen molar-refractivity contribution in [2.45, 2.75) is 20.3 Å². The first kappa shape index (κ1) is 16.7. The molecule has 6 nitrogen and oxygen atoms in total. The maximum absolute atomic E-state index is 12.1. The van der Waals surface area contributed by atoms with Gasteiger partial charge in [-0.05, 0) is 37.1 Å². The van der Waals surface area contributed by atoms with E-state index in [9.17, 15) is 14.4 Å². The average molecular weight is 339 g/mol. The van der Waals surface area contributed by atoms with Gasteiger partial charge in [-0.2, -0.15) is 0 Å². The van der Waals surface area contributed by atoms with Crippen molar-refractivity contribution in [3.05, 3.63) is 64.7 Å². The second-order valence-corrected chi connectivity index (χ2v) is 5.73. The Morgan fingerprint density at radius 1 is 0.920 bits per heavy atom. The first-order chi connectivity index (χ1) is 12.0. The van der Waals surface area contributed by atoms with Crippen molar-refractivity contribution in [3.63, 3.8) is 0 Å². The topological polar surface area (TPSA) is 72.9 Å². The molecule has 128 valence electrons. The number of ether oxygens (including phenoxy) is 1. The van der Waals surface area contributed by atoms with Crippen LogP contribution >= 0.6 is 0 Å². The fraction of sp³-hybridized carbons (Fsp3) is 0.211. The van der Waals surface area contributed by atoms with Crippen molar-refractivity contribution < 1.29 is 24.0 Å². The molecule has 1 heterocycles. The van der Waals surface area contributed by atoms with Crippen LogP contribution < -0.4 is 4.74 Å². The molecule has 2 aromatic carbocycles. The van der Waals surface area contributed by atoms with Crippen molar-refractivity contribution in [2.24, 2.45) is 0 Å². The van der Waals surface area contributed by atoms with E-state index < -0.39 is 17.8 Å². The van der Waals surface area contributed by atoms with Gasteiger partial charge in [0.25, 0.3) is 11.8 Å². The molecule has 0 N–H and O–H groups in total. The van der Waals surface area contributed by atoms with Crippen LogP contribution in [0.4, 0.5) is 0 Å². The summed E-state index contributed by atoms with van der Waals surface area (Å²) in [5.74, 6) is -1.26. The summed E-state index contributed by atoms with van der Waals surface area (Å²) in [6.07, 6.45) is -0.0822. The lowest BCUT2D eigenvalue weighted by Gasteiger charge is -2.14. The van der Waals surface area contributed by atoms with E-state index in [1.807, 2.05) is 32.0 Å². The number of aryl methyl sites for hydroxylation is 2. The highest BCUT2D eigenvalue weighted by Crippen LogP contribution is 2.24.